The van der Waals surface area contributed by atoms with Gasteiger partial charge in [-0.1, -0.05) is 0 Å². The summed E-state index contributed by atoms with van der Waals surface area (Å²) in [4.78, 5) is 0. The fraction of sp³-hybridized carbons (Fsp3) is 1.00. The Hall–Kier alpha value is -0.460. The first-order chi connectivity index (χ1) is 4.21. The second-order valence-corrected chi connectivity index (χ2v) is 1.35. The molecule has 0 rings (SSSR count). The van der Waals surface area contributed by atoms with Crippen molar-refractivity contribution in [2.45, 2.75) is 12.5 Å². The van der Waals surface area contributed by atoms with E-state index in [1.807, 2.05) is 0 Å². The van der Waals surface area contributed by atoms with Crippen LogP contribution in [0, 0.1) is 0 Å². The SMILES string of the molecule is FC(F)(F)COC(F)(F)F. The van der Waals surface area contributed by atoms with Crippen LogP contribution in [0.1, 0.15) is 0 Å². The van der Waals surface area contributed by atoms with Crippen molar-refractivity contribution in [3.63, 3.8) is 0 Å². The van der Waals surface area contributed by atoms with E-state index in [1.54, 1.807) is 0 Å². The largest absolute Gasteiger partial charge is 0.522 e. The first-order valence-electron chi connectivity index (χ1n) is 1.98. The first-order valence-corrected chi connectivity index (χ1v) is 1.98. The fourth-order valence-electron chi connectivity index (χ4n) is 0.164. The number of alkyl halides is 6. The van der Waals surface area contributed by atoms with E-state index in [9.17, 15) is 26.3 Å². The van der Waals surface area contributed by atoms with Gasteiger partial charge >= 0.3 is 12.5 Å². The average molecular weight is 168 g/mol. The zero-order valence-corrected chi connectivity index (χ0v) is 4.38. The van der Waals surface area contributed by atoms with Crippen molar-refractivity contribution in [2.75, 3.05) is 6.61 Å². The van der Waals surface area contributed by atoms with Gasteiger partial charge in [-0.15, -0.1) is 13.2 Å². The quantitative estimate of drug-likeness (QED) is 0.544. The van der Waals surface area contributed by atoms with E-state index in [1.165, 1.54) is 0 Å². The Morgan fingerprint density at radius 1 is 0.900 bits per heavy atom. The molecule has 62 valence electrons. The van der Waals surface area contributed by atoms with Crippen molar-refractivity contribution in [3.05, 3.63) is 0 Å². The fourth-order valence-corrected chi connectivity index (χ4v) is 0.164. The Labute approximate surface area is 51.6 Å². The maximum Gasteiger partial charge on any atom is 0.522 e. The predicted molar refractivity (Wildman–Crippen MR) is 18.1 cm³/mol. The molecule has 10 heavy (non-hydrogen) atoms. The van der Waals surface area contributed by atoms with E-state index >= 15 is 0 Å². The highest BCUT2D eigenvalue weighted by atomic mass is 19.4. The minimum Gasteiger partial charge on any atom is -0.282 e. The van der Waals surface area contributed by atoms with Crippen molar-refractivity contribution in [1.29, 1.82) is 0 Å². The minimum absolute atomic E-state index is 2.30. The molecule has 0 saturated heterocycles. The maximum absolute atomic E-state index is 11.0. The summed E-state index contributed by atoms with van der Waals surface area (Å²) in [5.74, 6) is 0. The molecule has 1 nitrogen and oxygen atoms in total. The van der Waals surface area contributed by atoms with E-state index in [2.05, 4.69) is 4.74 Å². The average Bonchev–Trinajstić information content (AvgIpc) is 1.57. The van der Waals surface area contributed by atoms with Gasteiger partial charge in [-0.2, -0.15) is 13.2 Å². The highest BCUT2D eigenvalue weighted by molar-refractivity contribution is 4.45. The van der Waals surface area contributed by atoms with Gasteiger partial charge in [0.05, 0.1) is 0 Å². The van der Waals surface area contributed by atoms with Gasteiger partial charge in [-0.05, 0) is 0 Å². The lowest BCUT2D eigenvalue weighted by atomic mass is 10.7. The van der Waals surface area contributed by atoms with Gasteiger partial charge in [-0.3, -0.25) is 4.74 Å². The van der Waals surface area contributed by atoms with Gasteiger partial charge in [0.15, 0.2) is 6.61 Å². The molecule has 0 aliphatic heterocycles. The highest BCUT2D eigenvalue weighted by Crippen LogP contribution is 2.22. The Morgan fingerprint density at radius 3 is 1.40 bits per heavy atom. The van der Waals surface area contributed by atoms with Crippen LogP contribution < -0.4 is 0 Å². The number of hydrogen-bond donors (Lipinski definition) is 0. The molecule has 0 aromatic rings. The zero-order valence-electron chi connectivity index (χ0n) is 4.38. The zero-order chi connectivity index (χ0) is 8.41. The van der Waals surface area contributed by atoms with Crippen molar-refractivity contribution in [3.8, 4) is 0 Å². The molecule has 0 saturated carbocycles. The topological polar surface area (TPSA) is 9.23 Å². The van der Waals surface area contributed by atoms with Crippen LogP contribution in [-0.2, 0) is 4.74 Å². The summed E-state index contributed by atoms with van der Waals surface area (Å²) >= 11 is 0. The molecule has 0 aromatic carbocycles. The summed E-state index contributed by atoms with van der Waals surface area (Å²) in [5, 5.41) is 0. The van der Waals surface area contributed by atoms with E-state index in [4.69, 9.17) is 0 Å². The minimum atomic E-state index is -5.21. The summed E-state index contributed by atoms with van der Waals surface area (Å²) in [5.41, 5.74) is 0. The van der Waals surface area contributed by atoms with Gasteiger partial charge in [0.1, 0.15) is 0 Å². The van der Waals surface area contributed by atoms with Gasteiger partial charge in [-0.25, -0.2) is 0 Å². The molecule has 0 aliphatic rings. The highest BCUT2D eigenvalue weighted by Gasteiger charge is 2.37. The van der Waals surface area contributed by atoms with Crippen LogP contribution in [0.15, 0.2) is 0 Å². The third-order valence-corrected chi connectivity index (χ3v) is 0.399. The molecule has 0 atom stereocenters. The molecule has 0 unspecified atom stereocenters. The lowest BCUT2D eigenvalue weighted by Crippen LogP contribution is -2.24. The predicted octanol–water partition coefficient (Wildman–Crippen LogP) is 2.09. The Bertz CT molecular complexity index is 86.5. The van der Waals surface area contributed by atoms with Crippen molar-refractivity contribution in [1.82, 2.24) is 0 Å². The Morgan fingerprint density at radius 2 is 1.30 bits per heavy atom. The lowest BCUT2D eigenvalue weighted by molar-refractivity contribution is -0.352. The van der Waals surface area contributed by atoms with Crippen LogP contribution in [0.25, 0.3) is 0 Å². The molecule has 0 aromatic heterocycles. The molecule has 0 radical (unpaired) electrons. The third kappa shape index (κ3) is 7.54. The van der Waals surface area contributed by atoms with Gasteiger partial charge < -0.3 is 0 Å². The third-order valence-electron chi connectivity index (χ3n) is 0.399. The molecule has 0 bridgehead atoms. The lowest BCUT2D eigenvalue weighted by Gasteiger charge is -2.08. The first kappa shape index (κ1) is 9.54. The van der Waals surface area contributed by atoms with Gasteiger partial charge in [0.2, 0.25) is 0 Å². The van der Waals surface area contributed by atoms with Crippen LogP contribution in [0.5, 0.6) is 0 Å². The summed E-state index contributed by atoms with van der Waals surface area (Å²) in [6.45, 7) is -2.30. The molecule has 0 spiro atoms. The second-order valence-electron chi connectivity index (χ2n) is 1.35. The van der Waals surface area contributed by atoms with Crippen molar-refractivity contribution >= 4 is 0 Å². The van der Waals surface area contributed by atoms with Crippen LogP contribution in [-0.4, -0.2) is 19.1 Å². The summed E-state index contributed by atoms with van der Waals surface area (Å²) < 4.78 is 67.9. The van der Waals surface area contributed by atoms with E-state index in [0.717, 1.165) is 0 Å². The summed E-state index contributed by atoms with van der Waals surface area (Å²) in [7, 11) is 0. The van der Waals surface area contributed by atoms with Crippen molar-refractivity contribution in [2.24, 2.45) is 0 Å². The Kier molecular flexibility index (Phi) is 2.53. The van der Waals surface area contributed by atoms with Crippen molar-refractivity contribution < 1.29 is 31.1 Å². The number of rotatable bonds is 1. The number of hydrogen-bond acceptors (Lipinski definition) is 1. The smallest absolute Gasteiger partial charge is 0.282 e. The van der Waals surface area contributed by atoms with Crippen LogP contribution in [0.3, 0.4) is 0 Å². The summed E-state index contributed by atoms with van der Waals surface area (Å²) in [6.07, 6.45) is -10.1. The van der Waals surface area contributed by atoms with Gasteiger partial charge in [0.25, 0.3) is 0 Å². The molecular weight excluding hydrogens is 166 g/mol. The van der Waals surface area contributed by atoms with E-state index in [0.29, 0.717) is 0 Å². The monoisotopic (exact) mass is 168 g/mol. The number of ether oxygens (including phenoxy) is 1. The van der Waals surface area contributed by atoms with E-state index < -0.39 is 19.1 Å². The molecule has 0 N–H and O–H groups in total. The second kappa shape index (κ2) is 2.65. The van der Waals surface area contributed by atoms with Gasteiger partial charge in [0, 0.05) is 0 Å². The molecule has 0 fully saturated rings. The molecule has 0 aliphatic carbocycles. The van der Waals surface area contributed by atoms with Crippen LogP contribution >= 0.6 is 0 Å². The molecule has 0 amide bonds. The van der Waals surface area contributed by atoms with Crippen LogP contribution in [0.4, 0.5) is 26.3 Å². The normalized spacial score (nSPS) is 13.8. The maximum atomic E-state index is 11.0. The molecule has 7 heteroatoms. The summed E-state index contributed by atoms with van der Waals surface area (Å²) in [6, 6.07) is 0. The molecule has 0 heterocycles. The van der Waals surface area contributed by atoms with E-state index in [-0.39, 0.29) is 0 Å². The molecular formula is C3H2F6O. The Balaban J connectivity index is 3.56. The number of halogens is 6. The van der Waals surface area contributed by atoms with Crippen LogP contribution in [0.2, 0.25) is 0 Å². The standard InChI is InChI=1S/C3H2F6O/c4-2(5,6)1-10-3(7,8)9/h1H2.